The summed E-state index contributed by atoms with van der Waals surface area (Å²) in [4.78, 5) is 2.46. The zero-order chi connectivity index (χ0) is 16.7. The molecule has 0 amide bonds. The van der Waals surface area contributed by atoms with Crippen LogP contribution in [-0.2, 0) is 6.54 Å². The highest BCUT2D eigenvalue weighted by molar-refractivity contribution is 5.51. The van der Waals surface area contributed by atoms with Crippen LogP contribution in [0.15, 0.2) is 12.1 Å². The number of likely N-dealkylation sites (tertiary alicyclic amines) is 1. The first-order valence-corrected chi connectivity index (χ1v) is 9.04. The molecule has 1 aromatic rings. The molecular weight excluding hydrogens is 306 g/mol. The van der Waals surface area contributed by atoms with Gasteiger partial charge in [0.1, 0.15) is 5.75 Å². The summed E-state index contributed by atoms with van der Waals surface area (Å²) in [5.41, 5.74) is 0.650. The van der Waals surface area contributed by atoms with Crippen LogP contribution in [0.1, 0.15) is 38.2 Å². The van der Waals surface area contributed by atoms with E-state index in [0.717, 1.165) is 61.7 Å². The van der Waals surface area contributed by atoms with Crippen molar-refractivity contribution in [1.29, 1.82) is 0 Å². The van der Waals surface area contributed by atoms with E-state index in [1.165, 1.54) is 6.42 Å². The molecule has 132 valence electrons. The minimum atomic E-state index is -0.476. The van der Waals surface area contributed by atoms with Crippen LogP contribution in [0.2, 0.25) is 0 Å². The second-order valence-corrected chi connectivity index (χ2v) is 7.43. The lowest BCUT2D eigenvalue weighted by molar-refractivity contribution is -0.0613. The molecule has 0 radical (unpaired) electrons. The van der Waals surface area contributed by atoms with E-state index in [2.05, 4.69) is 11.8 Å². The molecule has 0 aromatic heterocycles. The van der Waals surface area contributed by atoms with E-state index in [0.29, 0.717) is 11.8 Å². The lowest BCUT2D eigenvalue weighted by atomic mass is 9.69. The third kappa shape index (κ3) is 2.64. The van der Waals surface area contributed by atoms with Gasteiger partial charge in [0.15, 0.2) is 11.5 Å². The van der Waals surface area contributed by atoms with Crippen molar-refractivity contribution in [2.24, 2.45) is 11.8 Å². The first-order chi connectivity index (χ1) is 11.6. The highest BCUT2D eigenvalue weighted by atomic mass is 16.7. The van der Waals surface area contributed by atoms with E-state index < -0.39 is 5.60 Å². The summed E-state index contributed by atoms with van der Waals surface area (Å²) < 4.78 is 16.5. The Morgan fingerprint density at radius 3 is 2.83 bits per heavy atom. The van der Waals surface area contributed by atoms with Gasteiger partial charge in [-0.05, 0) is 31.2 Å². The zero-order valence-corrected chi connectivity index (χ0v) is 14.6. The number of aliphatic hydroxyl groups is 1. The molecule has 1 saturated carbocycles. The van der Waals surface area contributed by atoms with Gasteiger partial charge in [0.2, 0.25) is 6.79 Å². The average Bonchev–Trinajstić information content (AvgIpc) is 3.21. The van der Waals surface area contributed by atoms with Gasteiger partial charge in [-0.2, -0.15) is 0 Å². The lowest BCUT2D eigenvalue weighted by Crippen LogP contribution is -2.44. The minimum absolute atomic E-state index is 0.277. The normalized spacial score (nSPS) is 32.0. The maximum atomic E-state index is 11.0. The fraction of sp³-hybridized carbons (Fsp3) is 0.684. The summed E-state index contributed by atoms with van der Waals surface area (Å²) in [6, 6.07) is 3.96. The van der Waals surface area contributed by atoms with Crippen molar-refractivity contribution in [2.45, 2.75) is 44.8 Å². The fourth-order valence-electron chi connectivity index (χ4n) is 4.81. The summed E-state index contributed by atoms with van der Waals surface area (Å²) >= 11 is 0. The molecule has 4 rings (SSSR count). The lowest BCUT2D eigenvalue weighted by Gasteiger charge is -2.40. The number of benzene rings is 1. The maximum absolute atomic E-state index is 11.0. The fourth-order valence-corrected chi connectivity index (χ4v) is 4.81. The van der Waals surface area contributed by atoms with E-state index >= 15 is 0 Å². The molecule has 3 aliphatic rings. The van der Waals surface area contributed by atoms with Gasteiger partial charge in [-0.1, -0.05) is 13.3 Å². The monoisotopic (exact) mass is 333 g/mol. The van der Waals surface area contributed by atoms with Crippen LogP contribution < -0.4 is 14.2 Å². The quantitative estimate of drug-likeness (QED) is 0.918. The second-order valence-electron chi connectivity index (χ2n) is 7.43. The number of hydrogen-bond acceptors (Lipinski definition) is 5. The van der Waals surface area contributed by atoms with Crippen LogP contribution in [0, 0.1) is 11.8 Å². The van der Waals surface area contributed by atoms with Gasteiger partial charge in [-0.25, -0.2) is 0 Å². The highest BCUT2D eigenvalue weighted by Crippen LogP contribution is 2.45. The molecule has 0 unspecified atom stereocenters. The number of rotatable bonds is 4. The van der Waals surface area contributed by atoms with Crippen LogP contribution in [0.4, 0.5) is 0 Å². The van der Waals surface area contributed by atoms with Crippen molar-refractivity contribution in [3.05, 3.63) is 17.7 Å². The van der Waals surface area contributed by atoms with E-state index in [9.17, 15) is 5.11 Å². The average molecular weight is 333 g/mol. The molecule has 3 atom stereocenters. The molecule has 24 heavy (non-hydrogen) atoms. The van der Waals surface area contributed by atoms with Crippen molar-refractivity contribution in [1.82, 2.24) is 4.90 Å². The molecule has 0 spiro atoms. The smallest absolute Gasteiger partial charge is 0.231 e. The Bertz CT molecular complexity index is 620. The standard InChI is InChI=1S/C19H27NO4/c1-3-19(21)6-4-5-13-9-20(11-15(13)19)10-14-7-17-18(24-12-23-17)8-16(14)22-2/h7-8,13,15,21H,3-6,9-12H2,1-2H3/t13-,15+,19-/m0/s1. The molecule has 1 N–H and O–H groups in total. The summed E-state index contributed by atoms with van der Waals surface area (Å²) in [6.45, 7) is 5.25. The topological polar surface area (TPSA) is 51.2 Å². The molecule has 5 heteroatoms. The van der Waals surface area contributed by atoms with Crippen molar-refractivity contribution in [2.75, 3.05) is 27.0 Å². The minimum Gasteiger partial charge on any atom is -0.496 e. The largest absolute Gasteiger partial charge is 0.496 e. The SMILES string of the molecule is CC[C@]1(O)CCC[C@H]2CN(Cc3cc4c(cc3OC)OCO4)C[C@H]21. The van der Waals surface area contributed by atoms with Crippen molar-refractivity contribution < 1.29 is 19.3 Å². The van der Waals surface area contributed by atoms with Gasteiger partial charge in [-0.3, -0.25) is 4.90 Å². The van der Waals surface area contributed by atoms with E-state index in [1.807, 2.05) is 12.1 Å². The van der Waals surface area contributed by atoms with Crippen molar-refractivity contribution in [3.63, 3.8) is 0 Å². The van der Waals surface area contributed by atoms with Gasteiger partial charge < -0.3 is 19.3 Å². The van der Waals surface area contributed by atoms with Gasteiger partial charge in [0, 0.05) is 37.2 Å². The third-order valence-electron chi connectivity index (χ3n) is 6.17. The Kier molecular flexibility index (Phi) is 4.09. The highest BCUT2D eigenvalue weighted by Gasteiger charge is 2.47. The van der Waals surface area contributed by atoms with Crippen LogP contribution in [0.5, 0.6) is 17.2 Å². The first kappa shape index (κ1) is 16.0. The molecule has 2 heterocycles. The van der Waals surface area contributed by atoms with Gasteiger partial charge in [-0.15, -0.1) is 0 Å². The Hall–Kier alpha value is -1.46. The molecule has 1 aliphatic carbocycles. The maximum Gasteiger partial charge on any atom is 0.231 e. The molecule has 0 bridgehead atoms. The predicted molar refractivity (Wildman–Crippen MR) is 90.5 cm³/mol. The number of ether oxygens (including phenoxy) is 3. The number of hydrogen-bond donors (Lipinski definition) is 1. The molecule has 2 fully saturated rings. The van der Waals surface area contributed by atoms with Crippen LogP contribution in [0.25, 0.3) is 0 Å². The van der Waals surface area contributed by atoms with Gasteiger partial charge in [0.05, 0.1) is 12.7 Å². The Labute approximate surface area is 143 Å². The number of nitrogens with zero attached hydrogens (tertiary/aromatic N) is 1. The van der Waals surface area contributed by atoms with Crippen LogP contribution >= 0.6 is 0 Å². The molecule has 1 aromatic carbocycles. The molecular formula is C19H27NO4. The Balaban J connectivity index is 1.53. The van der Waals surface area contributed by atoms with E-state index in [4.69, 9.17) is 14.2 Å². The Morgan fingerprint density at radius 1 is 1.29 bits per heavy atom. The van der Waals surface area contributed by atoms with Gasteiger partial charge in [0.25, 0.3) is 0 Å². The molecule has 1 saturated heterocycles. The van der Waals surface area contributed by atoms with E-state index in [-0.39, 0.29) is 6.79 Å². The number of fused-ring (bicyclic) bond motifs is 2. The molecule has 2 aliphatic heterocycles. The summed E-state index contributed by atoms with van der Waals surface area (Å²) in [7, 11) is 1.70. The van der Waals surface area contributed by atoms with Crippen LogP contribution in [-0.4, -0.2) is 42.6 Å². The summed E-state index contributed by atoms with van der Waals surface area (Å²) in [6.07, 6.45) is 4.19. The summed E-state index contributed by atoms with van der Waals surface area (Å²) in [5, 5.41) is 11.0. The predicted octanol–water partition coefficient (Wildman–Crippen LogP) is 2.80. The first-order valence-electron chi connectivity index (χ1n) is 9.04. The van der Waals surface area contributed by atoms with Crippen molar-refractivity contribution in [3.8, 4) is 17.2 Å². The van der Waals surface area contributed by atoms with Crippen molar-refractivity contribution >= 4 is 0 Å². The Morgan fingerprint density at radius 2 is 2.08 bits per heavy atom. The summed E-state index contributed by atoms with van der Waals surface area (Å²) in [5.74, 6) is 3.42. The van der Waals surface area contributed by atoms with Gasteiger partial charge >= 0.3 is 0 Å². The second kappa shape index (κ2) is 6.12. The van der Waals surface area contributed by atoms with E-state index in [1.54, 1.807) is 7.11 Å². The molecule has 5 nitrogen and oxygen atoms in total. The van der Waals surface area contributed by atoms with Crippen LogP contribution in [0.3, 0.4) is 0 Å². The number of methoxy groups -OCH3 is 1. The third-order valence-corrected chi connectivity index (χ3v) is 6.17. The zero-order valence-electron chi connectivity index (χ0n) is 14.6.